The van der Waals surface area contributed by atoms with Crippen molar-refractivity contribution in [3.05, 3.63) is 59.9 Å². The smallest absolute Gasteiger partial charge is 0.258 e. The van der Waals surface area contributed by atoms with E-state index in [1.807, 2.05) is 18.2 Å². The summed E-state index contributed by atoms with van der Waals surface area (Å²) in [5.41, 5.74) is 1.11. The van der Waals surface area contributed by atoms with E-state index in [0.29, 0.717) is 12.3 Å². The molecule has 1 fully saturated rings. The molecule has 2 aromatic carbocycles. The number of carbonyl (C=O) groups excluding carboxylic acids is 1. The monoisotopic (exact) mass is 372 g/mol. The Balaban J connectivity index is 1.59. The Kier molecular flexibility index (Phi) is 6.65. The summed E-state index contributed by atoms with van der Waals surface area (Å²) in [6.45, 7) is 2.36. The second-order valence-corrected chi connectivity index (χ2v) is 6.59. The lowest BCUT2D eigenvalue weighted by molar-refractivity contribution is -0.123. The largest absolute Gasteiger partial charge is 0.497 e. The fourth-order valence-corrected chi connectivity index (χ4v) is 3.33. The number of benzene rings is 2. The van der Waals surface area contributed by atoms with Crippen molar-refractivity contribution in [3.63, 3.8) is 0 Å². The second-order valence-electron chi connectivity index (χ2n) is 6.59. The maximum atomic E-state index is 13.2. The molecule has 0 aliphatic carbocycles. The van der Waals surface area contributed by atoms with Crippen LogP contribution < -0.4 is 14.8 Å². The minimum absolute atomic E-state index is 0.0840. The third-order valence-electron chi connectivity index (χ3n) is 4.72. The fraction of sp³-hybridized carbons (Fsp3) is 0.381. The lowest BCUT2D eigenvalue weighted by atomic mass is 10.0. The molecule has 3 rings (SSSR count). The van der Waals surface area contributed by atoms with E-state index in [9.17, 15) is 9.18 Å². The van der Waals surface area contributed by atoms with Crippen molar-refractivity contribution in [3.8, 4) is 11.5 Å². The summed E-state index contributed by atoms with van der Waals surface area (Å²) in [6.07, 6.45) is 2.33. The van der Waals surface area contributed by atoms with Gasteiger partial charge in [0.1, 0.15) is 17.3 Å². The zero-order chi connectivity index (χ0) is 19.1. The molecule has 1 atom stereocenters. The van der Waals surface area contributed by atoms with E-state index in [4.69, 9.17) is 9.47 Å². The van der Waals surface area contributed by atoms with Gasteiger partial charge in [-0.05, 0) is 55.8 Å². The predicted molar refractivity (Wildman–Crippen MR) is 101 cm³/mol. The van der Waals surface area contributed by atoms with Crippen LogP contribution in [-0.2, 0) is 4.79 Å². The lowest BCUT2D eigenvalue weighted by Crippen LogP contribution is -2.38. The van der Waals surface area contributed by atoms with Gasteiger partial charge in [-0.15, -0.1) is 0 Å². The maximum Gasteiger partial charge on any atom is 0.258 e. The van der Waals surface area contributed by atoms with Gasteiger partial charge in [0.2, 0.25) is 0 Å². The van der Waals surface area contributed by atoms with Crippen LogP contribution in [0.5, 0.6) is 11.5 Å². The number of hydrogen-bond donors (Lipinski definition) is 1. The van der Waals surface area contributed by atoms with Crippen molar-refractivity contribution in [2.75, 3.05) is 33.4 Å². The van der Waals surface area contributed by atoms with Crippen LogP contribution in [0.4, 0.5) is 4.39 Å². The Labute approximate surface area is 159 Å². The standard InChI is InChI=1S/C21H25FN2O3/c1-26-18-8-4-6-16(12-18)20(24-10-2-3-11-24)14-23-21(25)15-27-19-9-5-7-17(22)13-19/h4-9,12-13,20H,2-3,10-11,14-15H2,1H3,(H,23,25). The molecule has 2 aromatic rings. The van der Waals surface area contributed by atoms with Crippen molar-refractivity contribution in [2.24, 2.45) is 0 Å². The maximum absolute atomic E-state index is 13.2. The Hall–Kier alpha value is -2.60. The Morgan fingerprint density at radius 2 is 1.89 bits per heavy atom. The number of hydrogen-bond acceptors (Lipinski definition) is 4. The molecule has 0 radical (unpaired) electrons. The van der Waals surface area contributed by atoms with E-state index in [1.165, 1.54) is 12.1 Å². The van der Waals surface area contributed by atoms with Crippen LogP contribution in [0.15, 0.2) is 48.5 Å². The number of nitrogens with one attached hydrogen (secondary N) is 1. The van der Waals surface area contributed by atoms with Crippen LogP contribution in [0.3, 0.4) is 0 Å². The van der Waals surface area contributed by atoms with Gasteiger partial charge < -0.3 is 14.8 Å². The number of amides is 1. The highest BCUT2D eigenvalue weighted by molar-refractivity contribution is 5.77. The number of carbonyl (C=O) groups is 1. The fourth-order valence-electron chi connectivity index (χ4n) is 3.33. The molecule has 0 aromatic heterocycles. The van der Waals surface area contributed by atoms with Crippen LogP contribution in [-0.4, -0.2) is 44.2 Å². The van der Waals surface area contributed by atoms with Crippen molar-refractivity contribution in [2.45, 2.75) is 18.9 Å². The first kappa shape index (κ1) is 19.2. The summed E-state index contributed by atoms with van der Waals surface area (Å²) in [4.78, 5) is 14.6. The third-order valence-corrected chi connectivity index (χ3v) is 4.72. The molecule has 0 bridgehead atoms. The van der Waals surface area contributed by atoms with E-state index in [-0.39, 0.29) is 24.4 Å². The zero-order valence-electron chi connectivity index (χ0n) is 15.5. The summed E-state index contributed by atoms with van der Waals surface area (Å²) in [5, 5.41) is 2.94. The topological polar surface area (TPSA) is 50.8 Å². The highest BCUT2D eigenvalue weighted by Crippen LogP contribution is 2.27. The first-order valence-corrected chi connectivity index (χ1v) is 9.19. The van der Waals surface area contributed by atoms with Crippen LogP contribution in [0, 0.1) is 5.82 Å². The van der Waals surface area contributed by atoms with Crippen LogP contribution in [0.1, 0.15) is 24.4 Å². The molecule has 1 aliphatic rings. The average molecular weight is 372 g/mol. The Morgan fingerprint density at radius 1 is 1.15 bits per heavy atom. The van der Waals surface area contributed by atoms with Crippen molar-refractivity contribution < 1.29 is 18.7 Å². The SMILES string of the molecule is COc1cccc(C(CNC(=O)COc2cccc(F)c2)N2CCCC2)c1. The van der Waals surface area contributed by atoms with E-state index < -0.39 is 0 Å². The highest BCUT2D eigenvalue weighted by Gasteiger charge is 2.24. The number of nitrogens with zero attached hydrogens (tertiary/aromatic N) is 1. The van der Waals surface area contributed by atoms with Crippen molar-refractivity contribution in [1.82, 2.24) is 10.2 Å². The van der Waals surface area contributed by atoms with Gasteiger partial charge in [-0.1, -0.05) is 18.2 Å². The highest BCUT2D eigenvalue weighted by atomic mass is 19.1. The molecule has 6 heteroatoms. The Bertz CT molecular complexity index is 763. The predicted octanol–water partition coefficient (Wildman–Crippen LogP) is 3.17. The zero-order valence-corrected chi connectivity index (χ0v) is 15.5. The molecule has 0 saturated carbocycles. The molecular formula is C21H25FN2O3. The quantitative estimate of drug-likeness (QED) is 0.773. The minimum atomic E-state index is -0.389. The normalized spacial score (nSPS) is 15.3. The van der Waals surface area contributed by atoms with Gasteiger partial charge in [0.25, 0.3) is 5.91 Å². The average Bonchev–Trinajstić information content (AvgIpc) is 3.21. The van der Waals surface area contributed by atoms with Gasteiger partial charge in [0.15, 0.2) is 6.61 Å². The number of likely N-dealkylation sites (tertiary alicyclic amines) is 1. The number of halogens is 1. The van der Waals surface area contributed by atoms with Crippen LogP contribution in [0.25, 0.3) is 0 Å². The molecule has 1 saturated heterocycles. The van der Waals surface area contributed by atoms with Gasteiger partial charge >= 0.3 is 0 Å². The second kappa shape index (κ2) is 9.37. The third kappa shape index (κ3) is 5.44. The van der Waals surface area contributed by atoms with Gasteiger partial charge in [-0.25, -0.2) is 4.39 Å². The minimum Gasteiger partial charge on any atom is -0.497 e. The van der Waals surface area contributed by atoms with Crippen LogP contribution >= 0.6 is 0 Å². The van der Waals surface area contributed by atoms with Crippen molar-refractivity contribution in [1.29, 1.82) is 0 Å². The van der Waals surface area contributed by atoms with E-state index in [0.717, 1.165) is 37.2 Å². The molecule has 144 valence electrons. The first-order chi connectivity index (χ1) is 13.2. The summed E-state index contributed by atoms with van der Waals surface area (Å²) >= 11 is 0. The molecule has 5 nitrogen and oxygen atoms in total. The number of methoxy groups -OCH3 is 1. The molecule has 1 N–H and O–H groups in total. The van der Waals surface area contributed by atoms with Gasteiger partial charge in [-0.2, -0.15) is 0 Å². The summed E-state index contributed by atoms with van der Waals surface area (Å²) in [5.74, 6) is 0.526. The van der Waals surface area contributed by atoms with E-state index in [2.05, 4.69) is 16.3 Å². The molecule has 1 unspecified atom stereocenters. The molecule has 0 spiro atoms. The summed E-state index contributed by atoms with van der Waals surface area (Å²) in [7, 11) is 1.65. The van der Waals surface area contributed by atoms with E-state index >= 15 is 0 Å². The van der Waals surface area contributed by atoms with Gasteiger partial charge in [0, 0.05) is 12.6 Å². The molecular weight excluding hydrogens is 347 g/mol. The molecule has 27 heavy (non-hydrogen) atoms. The van der Waals surface area contributed by atoms with Gasteiger partial charge in [-0.3, -0.25) is 9.69 Å². The summed E-state index contributed by atoms with van der Waals surface area (Å²) < 4.78 is 23.9. The van der Waals surface area contributed by atoms with E-state index in [1.54, 1.807) is 19.2 Å². The Morgan fingerprint density at radius 3 is 2.63 bits per heavy atom. The lowest BCUT2D eigenvalue weighted by Gasteiger charge is -2.28. The first-order valence-electron chi connectivity index (χ1n) is 9.19. The summed E-state index contributed by atoms with van der Waals surface area (Å²) in [6, 6.07) is 13.8. The number of rotatable bonds is 8. The van der Waals surface area contributed by atoms with Crippen molar-refractivity contribution >= 4 is 5.91 Å². The molecule has 1 heterocycles. The van der Waals surface area contributed by atoms with Crippen LogP contribution in [0.2, 0.25) is 0 Å². The molecule has 1 amide bonds. The number of ether oxygens (including phenoxy) is 2. The van der Waals surface area contributed by atoms with Gasteiger partial charge in [0.05, 0.1) is 13.2 Å². The molecule has 1 aliphatic heterocycles.